The van der Waals surface area contributed by atoms with Crippen LogP contribution in [0.4, 0.5) is 0 Å². The molecule has 0 aromatic heterocycles. The molecule has 1 N–H and O–H groups in total. The largest absolute Gasteiger partial charge is 0.450 e. The summed E-state index contributed by atoms with van der Waals surface area (Å²) in [5.74, 6) is 0.334. The lowest BCUT2D eigenvalue weighted by Gasteiger charge is -2.47. The van der Waals surface area contributed by atoms with E-state index in [0.717, 1.165) is 36.0 Å². The smallest absolute Gasteiger partial charge is 0.334 e. The summed E-state index contributed by atoms with van der Waals surface area (Å²) in [7, 11) is 0. The predicted molar refractivity (Wildman–Crippen MR) is 67.8 cm³/mol. The van der Waals surface area contributed by atoms with E-state index in [0.29, 0.717) is 5.92 Å². The third kappa shape index (κ3) is 1.43. The molecule has 1 saturated carbocycles. The van der Waals surface area contributed by atoms with E-state index in [1.54, 1.807) is 0 Å². The van der Waals surface area contributed by atoms with E-state index < -0.39 is 0 Å². The zero-order valence-electron chi connectivity index (χ0n) is 11.2. The molecule has 18 heavy (non-hydrogen) atoms. The Morgan fingerprint density at radius 2 is 2.17 bits per heavy atom. The van der Waals surface area contributed by atoms with E-state index in [1.807, 2.05) is 13.0 Å². The Balaban J connectivity index is 2.09. The summed E-state index contributed by atoms with van der Waals surface area (Å²) in [5.41, 5.74) is 2.95. The Bertz CT molecular complexity index is 474. The first kappa shape index (κ1) is 12.0. The van der Waals surface area contributed by atoms with E-state index in [-0.39, 0.29) is 23.6 Å². The number of aliphatic hydroxyl groups excluding tert-OH is 1. The normalized spacial score (nSPS) is 43.2. The van der Waals surface area contributed by atoms with Crippen LogP contribution in [0.15, 0.2) is 22.8 Å². The molecule has 1 fully saturated rings. The monoisotopic (exact) mass is 248 g/mol. The van der Waals surface area contributed by atoms with E-state index in [2.05, 4.69) is 13.8 Å². The van der Waals surface area contributed by atoms with Crippen LogP contribution in [0.2, 0.25) is 0 Å². The van der Waals surface area contributed by atoms with Crippen LogP contribution in [0.3, 0.4) is 0 Å². The summed E-state index contributed by atoms with van der Waals surface area (Å²) in [5, 5.41) is 10.2. The van der Waals surface area contributed by atoms with E-state index in [1.165, 1.54) is 0 Å². The minimum absolute atomic E-state index is 0.0151. The summed E-state index contributed by atoms with van der Waals surface area (Å²) in [4.78, 5) is 11.6. The highest BCUT2D eigenvalue weighted by Crippen LogP contribution is 2.53. The zero-order valence-corrected chi connectivity index (χ0v) is 11.2. The molecule has 0 unspecified atom stereocenters. The first-order chi connectivity index (χ1) is 8.43. The summed E-state index contributed by atoms with van der Waals surface area (Å²) in [6, 6.07) is 0. The van der Waals surface area contributed by atoms with Crippen LogP contribution >= 0.6 is 0 Å². The number of carbonyl (C=O) groups is 1. The molecule has 2 aliphatic carbocycles. The molecule has 3 nitrogen and oxygen atoms in total. The van der Waals surface area contributed by atoms with Gasteiger partial charge in [0.05, 0.1) is 6.10 Å². The molecule has 1 aliphatic heterocycles. The molecule has 1 heterocycles. The van der Waals surface area contributed by atoms with Crippen molar-refractivity contribution in [3.63, 3.8) is 0 Å². The van der Waals surface area contributed by atoms with Crippen LogP contribution < -0.4 is 0 Å². The van der Waals surface area contributed by atoms with Gasteiger partial charge >= 0.3 is 5.97 Å². The van der Waals surface area contributed by atoms with Crippen LogP contribution in [-0.4, -0.2) is 23.3 Å². The molecule has 0 bridgehead atoms. The maximum absolute atomic E-state index is 11.6. The van der Waals surface area contributed by atoms with Gasteiger partial charge in [-0.3, -0.25) is 0 Å². The number of aliphatic hydroxyl groups is 1. The lowest BCUT2D eigenvalue weighted by molar-refractivity contribution is -0.138. The van der Waals surface area contributed by atoms with E-state index in [4.69, 9.17) is 4.74 Å². The molecule has 0 amide bonds. The first-order valence-electron chi connectivity index (χ1n) is 6.74. The fourth-order valence-electron chi connectivity index (χ4n) is 3.67. The van der Waals surface area contributed by atoms with Gasteiger partial charge in [0.15, 0.2) is 0 Å². The number of rotatable bonds is 0. The maximum Gasteiger partial charge on any atom is 0.334 e. The third-order valence-electron chi connectivity index (χ3n) is 5.23. The fraction of sp³-hybridized carbons (Fsp3) is 0.667. The van der Waals surface area contributed by atoms with Gasteiger partial charge in [0.1, 0.15) is 6.10 Å². The SMILES string of the molecule is CC1=C2C[C@@]3(C)C(=C[C@H]2OC1=O)[C@H](O)CC[C@@H]3C. The Hall–Kier alpha value is -1.09. The average Bonchev–Trinajstić information content (AvgIpc) is 2.59. The molecule has 98 valence electrons. The van der Waals surface area contributed by atoms with Crippen LogP contribution in [0, 0.1) is 11.3 Å². The second-order valence-corrected chi connectivity index (χ2v) is 6.19. The molecule has 4 atom stereocenters. The summed E-state index contributed by atoms with van der Waals surface area (Å²) >= 11 is 0. The number of esters is 1. The van der Waals surface area contributed by atoms with E-state index >= 15 is 0 Å². The molecule has 3 rings (SSSR count). The molecule has 0 aromatic rings. The van der Waals surface area contributed by atoms with Gasteiger partial charge in [-0.25, -0.2) is 4.79 Å². The third-order valence-corrected chi connectivity index (χ3v) is 5.23. The van der Waals surface area contributed by atoms with Crippen molar-refractivity contribution in [2.24, 2.45) is 11.3 Å². The minimum atomic E-state index is -0.368. The summed E-state index contributed by atoms with van der Waals surface area (Å²) in [6.07, 6.45) is 4.11. The average molecular weight is 248 g/mol. The van der Waals surface area contributed by atoms with Crippen molar-refractivity contribution in [3.05, 3.63) is 22.8 Å². The molecule has 3 heteroatoms. The maximum atomic E-state index is 11.6. The Morgan fingerprint density at radius 3 is 2.89 bits per heavy atom. The van der Waals surface area contributed by atoms with Crippen molar-refractivity contribution in [1.29, 1.82) is 0 Å². The zero-order chi connectivity index (χ0) is 13.1. The first-order valence-corrected chi connectivity index (χ1v) is 6.74. The number of hydrogen-bond acceptors (Lipinski definition) is 3. The number of carbonyl (C=O) groups excluding carboxylic acids is 1. The molecular formula is C15H20O3. The summed E-state index contributed by atoms with van der Waals surface area (Å²) < 4.78 is 5.35. The minimum Gasteiger partial charge on any atom is -0.450 e. The van der Waals surface area contributed by atoms with Crippen molar-refractivity contribution < 1.29 is 14.6 Å². The van der Waals surface area contributed by atoms with Gasteiger partial charge in [-0.15, -0.1) is 0 Å². The second kappa shape index (κ2) is 3.70. The topological polar surface area (TPSA) is 46.5 Å². The highest BCUT2D eigenvalue weighted by atomic mass is 16.5. The van der Waals surface area contributed by atoms with Crippen molar-refractivity contribution in [3.8, 4) is 0 Å². The molecular weight excluding hydrogens is 228 g/mol. The van der Waals surface area contributed by atoms with Gasteiger partial charge in [0.2, 0.25) is 0 Å². The Labute approximate surface area is 108 Å². The van der Waals surface area contributed by atoms with Crippen molar-refractivity contribution in [2.45, 2.75) is 52.2 Å². The van der Waals surface area contributed by atoms with Gasteiger partial charge in [-0.1, -0.05) is 13.8 Å². The van der Waals surface area contributed by atoms with Crippen molar-refractivity contribution >= 4 is 5.97 Å². The molecule has 0 aromatic carbocycles. The van der Waals surface area contributed by atoms with Crippen LogP contribution in [0.1, 0.15) is 40.0 Å². The van der Waals surface area contributed by atoms with Crippen molar-refractivity contribution in [2.75, 3.05) is 0 Å². The van der Waals surface area contributed by atoms with Crippen LogP contribution in [-0.2, 0) is 9.53 Å². The van der Waals surface area contributed by atoms with Crippen LogP contribution in [0.25, 0.3) is 0 Å². The quantitative estimate of drug-likeness (QED) is 0.529. The lowest BCUT2D eigenvalue weighted by atomic mass is 9.58. The Kier molecular flexibility index (Phi) is 2.46. The number of hydrogen-bond donors (Lipinski definition) is 1. The standard InChI is InChI=1S/C15H20O3/c1-8-4-5-12(16)11-6-13-10(7-15(8,11)3)9(2)14(17)18-13/h6,8,12-13,16H,4-5,7H2,1-3H3/t8-,12+,13+,15+/m0/s1. The number of ether oxygens (including phenoxy) is 1. The van der Waals surface area contributed by atoms with E-state index in [9.17, 15) is 9.90 Å². The number of fused-ring (bicyclic) bond motifs is 2. The Morgan fingerprint density at radius 1 is 1.44 bits per heavy atom. The van der Waals surface area contributed by atoms with Gasteiger partial charge in [0.25, 0.3) is 0 Å². The summed E-state index contributed by atoms with van der Waals surface area (Å²) in [6.45, 7) is 6.31. The second-order valence-electron chi connectivity index (χ2n) is 6.19. The van der Waals surface area contributed by atoms with Gasteiger partial charge in [-0.2, -0.15) is 0 Å². The highest BCUT2D eigenvalue weighted by Gasteiger charge is 2.48. The van der Waals surface area contributed by atoms with Gasteiger partial charge in [-0.05, 0) is 54.7 Å². The van der Waals surface area contributed by atoms with Gasteiger partial charge < -0.3 is 9.84 Å². The molecule has 0 radical (unpaired) electrons. The van der Waals surface area contributed by atoms with Crippen LogP contribution in [0.5, 0.6) is 0 Å². The highest BCUT2D eigenvalue weighted by molar-refractivity contribution is 5.92. The predicted octanol–water partition coefficient (Wildman–Crippen LogP) is 2.36. The molecule has 0 spiro atoms. The molecule has 0 saturated heterocycles. The lowest BCUT2D eigenvalue weighted by Crippen LogP contribution is -2.42. The molecule has 3 aliphatic rings. The van der Waals surface area contributed by atoms with Crippen molar-refractivity contribution in [1.82, 2.24) is 0 Å². The fourth-order valence-corrected chi connectivity index (χ4v) is 3.67. The van der Waals surface area contributed by atoms with Gasteiger partial charge in [0, 0.05) is 5.57 Å².